The molecule has 0 aliphatic carbocycles. The largest absolute Gasteiger partial charge is 0.366 e. The summed E-state index contributed by atoms with van der Waals surface area (Å²) in [5, 5.41) is 2.96. The monoisotopic (exact) mass is 263 g/mol. The average Bonchev–Trinajstić information content (AvgIpc) is 2.29. The summed E-state index contributed by atoms with van der Waals surface area (Å²) in [5.74, 6) is -0.0593. The van der Waals surface area contributed by atoms with Gasteiger partial charge in [0.1, 0.15) is 6.61 Å². The predicted octanol–water partition coefficient (Wildman–Crippen LogP) is 2.86. The third kappa shape index (κ3) is 6.39. The zero-order valence-electron chi connectivity index (χ0n) is 12.6. The van der Waals surface area contributed by atoms with Crippen molar-refractivity contribution in [1.82, 2.24) is 5.32 Å². The molecule has 0 heterocycles. The minimum absolute atomic E-state index is 0.0593. The number of ether oxygens (including phenoxy) is 1. The number of amides is 1. The first kappa shape index (κ1) is 15.7. The standard InChI is InChI=1S/C16H25NO2/c1-12-8-6-7-9-14(12)10-13(2)17-15(18)11-19-16(3,4)5/h6-9,13H,10-11H2,1-5H3,(H,17,18). The molecule has 0 saturated heterocycles. The maximum atomic E-state index is 11.7. The Kier molecular flexibility index (Phi) is 5.55. The summed E-state index contributed by atoms with van der Waals surface area (Å²) >= 11 is 0. The van der Waals surface area contributed by atoms with Crippen LogP contribution in [0.2, 0.25) is 0 Å². The maximum Gasteiger partial charge on any atom is 0.246 e. The second kappa shape index (κ2) is 6.71. The van der Waals surface area contributed by atoms with Gasteiger partial charge in [-0.05, 0) is 52.2 Å². The Morgan fingerprint density at radius 1 is 1.32 bits per heavy atom. The van der Waals surface area contributed by atoms with Crippen molar-refractivity contribution in [3.63, 3.8) is 0 Å². The Balaban J connectivity index is 2.41. The van der Waals surface area contributed by atoms with Gasteiger partial charge < -0.3 is 10.1 Å². The Morgan fingerprint density at radius 3 is 2.53 bits per heavy atom. The maximum absolute atomic E-state index is 11.7. The third-order valence-electron chi connectivity index (χ3n) is 2.83. The highest BCUT2D eigenvalue weighted by Gasteiger charge is 2.14. The molecule has 1 unspecified atom stereocenters. The Bertz CT molecular complexity index is 421. The van der Waals surface area contributed by atoms with Crippen molar-refractivity contribution in [2.75, 3.05) is 6.61 Å². The van der Waals surface area contributed by atoms with Gasteiger partial charge in [-0.15, -0.1) is 0 Å². The smallest absolute Gasteiger partial charge is 0.246 e. The lowest BCUT2D eigenvalue weighted by molar-refractivity contribution is -0.131. The molecule has 0 aromatic heterocycles. The van der Waals surface area contributed by atoms with E-state index in [1.165, 1.54) is 11.1 Å². The van der Waals surface area contributed by atoms with Crippen LogP contribution < -0.4 is 5.32 Å². The summed E-state index contributed by atoms with van der Waals surface area (Å²) < 4.78 is 5.45. The van der Waals surface area contributed by atoms with E-state index < -0.39 is 0 Å². The summed E-state index contributed by atoms with van der Waals surface area (Å²) in [6.45, 7) is 10.0. The quantitative estimate of drug-likeness (QED) is 0.887. The zero-order chi connectivity index (χ0) is 14.5. The van der Waals surface area contributed by atoms with E-state index in [1.807, 2.05) is 39.8 Å². The van der Waals surface area contributed by atoms with Crippen LogP contribution in [0.25, 0.3) is 0 Å². The molecule has 106 valence electrons. The molecular formula is C16H25NO2. The zero-order valence-corrected chi connectivity index (χ0v) is 12.6. The SMILES string of the molecule is Cc1ccccc1CC(C)NC(=O)COC(C)(C)C. The molecule has 1 rings (SSSR count). The molecule has 1 aromatic carbocycles. The van der Waals surface area contributed by atoms with Crippen LogP contribution in [0.3, 0.4) is 0 Å². The number of hydrogen-bond acceptors (Lipinski definition) is 2. The summed E-state index contributed by atoms with van der Waals surface area (Å²) in [4.78, 5) is 11.7. The molecule has 0 fully saturated rings. The lowest BCUT2D eigenvalue weighted by atomic mass is 10.0. The van der Waals surface area contributed by atoms with Crippen molar-refractivity contribution >= 4 is 5.91 Å². The lowest BCUT2D eigenvalue weighted by Crippen LogP contribution is -2.38. The van der Waals surface area contributed by atoms with Gasteiger partial charge in [-0.3, -0.25) is 4.79 Å². The number of rotatable bonds is 5. The third-order valence-corrected chi connectivity index (χ3v) is 2.83. The fourth-order valence-electron chi connectivity index (χ4n) is 1.82. The first-order chi connectivity index (χ1) is 8.78. The van der Waals surface area contributed by atoms with Gasteiger partial charge >= 0.3 is 0 Å². The highest BCUT2D eigenvalue weighted by Crippen LogP contribution is 2.10. The van der Waals surface area contributed by atoms with Gasteiger partial charge in [-0.25, -0.2) is 0 Å². The number of aryl methyl sites for hydroxylation is 1. The Morgan fingerprint density at radius 2 is 1.95 bits per heavy atom. The van der Waals surface area contributed by atoms with Crippen molar-refractivity contribution < 1.29 is 9.53 Å². The minimum atomic E-state index is -0.281. The van der Waals surface area contributed by atoms with Crippen molar-refractivity contribution in [2.45, 2.75) is 52.7 Å². The predicted molar refractivity (Wildman–Crippen MR) is 78.2 cm³/mol. The molecule has 0 aliphatic rings. The molecule has 3 heteroatoms. The molecule has 0 bridgehead atoms. The van der Waals surface area contributed by atoms with E-state index in [0.717, 1.165) is 6.42 Å². The number of hydrogen-bond donors (Lipinski definition) is 1. The van der Waals surface area contributed by atoms with Gasteiger partial charge in [0.05, 0.1) is 5.60 Å². The van der Waals surface area contributed by atoms with E-state index in [0.29, 0.717) is 0 Å². The van der Waals surface area contributed by atoms with Gasteiger partial charge in [-0.1, -0.05) is 24.3 Å². The highest BCUT2D eigenvalue weighted by molar-refractivity contribution is 5.77. The Hall–Kier alpha value is -1.35. The number of carbonyl (C=O) groups excluding carboxylic acids is 1. The van der Waals surface area contributed by atoms with Crippen LogP contribution in [0.1, 0.15) is 38.8 Å². The van der Waals surface area contributed by atoms with Crippen LogP contribution in [-0.4, -0.2) is 24.2 Å². The van der Waals surface area contributed by atoms with E-state index in [2.05, 4.69) is 24.4 Å². The van der Waals surface area contributed by atoms with Crippen LogP contribution in [0.4, 0.5) is 0 Å². The fraction of sp³-hybridized carbons (Fsp3) is 0.562. The molecule has 1 amide bonds. The van der Waals surface area contributed by atoms with Crippen molar-refractivity contribution in [3.05, 3.63) is 35.4 Å². The number of nitrogens with one attached hydrogen (secondary N) is 1. The van der Waals surface area contributed by atoms with Gasteiger partial charge in [0.25, 0.3) is 0 Å². The van der Waals surface area contributed by atoms with Gasteiger partial charge in [0.2, 0.25) is 5.91 Å². The van der Waals surface area contributed by atoms with E-state index in [9.17, 15) is 4.79 Å². The molecular weight excluding hydrogens is 238 g/mol. The molecule has 0 aliphatic heterocycles. The molecule has 3 nitrogen and oxygen atoms in total. The average molecular weight is 263 g/mol. The molecule has 0 radical (unpaired) electrons. The summed E-state index contributed by atoms with van der Waals surface area (Å²) in [6, 6.07) is 8.35. The van der Waals surface area contributed by atoms with E-state index in [-0.39, 0.29) is 24.2 Å². The van der Waals surface area contributed by atoms with Crippen LogP contribution in [-0.2, 0) is 16.0 Å². The van der Waals surface area contributed by atoms with Crippen molar-refractivity contribution in [1.29, 1.82) is 0 Å². The number of benzene rings is 1. The van der Waals surface area contributed by atoms with Crippen LogP contribution in [0, 0.1) is 6.92 Å². The second-order valence-electron chi connectivity index (χ2n) is 6.00. The van der Waals surface area contributed by atoms with E-state index >= 15 is 0 Å². The number of carbonyl (C=O) groups is 1. The first-order valence-corrected chi connectivity index (χ1v) is 6.76. The topological polar surface area (TPSA) is 38.3 Å². The summed E-state index contributed by atoms with van der Waals surface area (Å²) in [6.07, 6.45) is 0.841. The summed E-state index contributed by atoms with van der Waals surface area (Å²) in [7, 11) is 0. The van der Waals surface area contributed by atoms with Crippen LogP contribution in [0.5, 0.6) is 0 Å². The van der Waals surface area contributed by atoms with Crippen LogP contribution >= 0.6 is 0 Å². The fourth-order valence-corrected chi connectivity index (χ4v) is 1.82. The Labute approximate surface area is 116 Å². The van der Waals surface area contributed by atoms with Gasteiger partial charge in [0, 0.05) is 6.04 Å². The normalized spacial score (nSPS) is 13.1. The lowest BCUT2D eigenvalue weighted by Gasteiger charge is -2.20. The van der Waals surface area contributed by atoms with E-state index in [1.54, 1.807) is 0 Å². The second-order valence-corrected chi connectivity index (χ2v) is 6.00. The molecule has 1 atom stereocenters. The molecule has 1 aromatic rings. The van der Waals surface area contributed by atoms with Crippen molar-refractivity contribution in [2.24, 2.45) is 0 Å². The molecule has 1 N–H and O–H groups in total. The minimum Gasteiger partial charge on any atom is -0.366 e. The van der Waals surface area contributed by atoms with Gasteiger partial charge in [0.15, 0.2) is 0 Å². The molecule has 0 saturated carbocycles. The summed E-state index contributed by atoms with van der Waals surface area (Å²) in [5.41, 5.74) is 2.25. The highest BCUT2D eigenvalue weighted by atomic mass is 16.5. The molecule has 0 spiro atoms. The van der Waals surface area contributed by atoms with Gasteiger partial charge in [-0.2, -0.15) is 0 Å². The van der Waals surface area contributed by atoms with E-state index in [4.69, 9.17) is 4.74 Å². The molecule has 19 heavy (non-hydrogen) atoms. The first-order valence-electron chi connectivity index (χ1n) is 6.76. The van der Waals surface area contributed by atoms with Crippen LogP contribution in [0.15, 0.2) is 24.3 Å². The van der Waals surface area contributed by atoms with Crippen molar-refractivity contribution in [3.8, 4) is 0 Å².